The molecule has 7 nitrogen and oxygen atoms in total. The van der Waals surface area contributed by atoms with Gasteiger partial charge in [-0.05, 0) is 62.2 Å². The van der Waals surface area contributed by atoms with Gasteiger partial charge in [0.15, 0.2) is 0 Å². The van der Waals surface area contributed by atoms with E-state index in [1.165, 1.54) is 12.1 Å². The van der Waals surface area contributed by atoms with Crippen molar-refractivity contribution in [2.45, 2.75) is 44.8 Å². The lowest BCUT2D eigenvalue weighted by Crippen LogP contribution is -2.67. The zero-order valence-electron chi connectivity index (χ0n) is 20.9. The number of nitrogens with zero attached hydrogens (tertiary/aromatic N) is 2. The van der Waals surface area contributed by atoms with Gasteiger partial charge in [-0.1, -0.05) is 48.5 Å². The Morgan fingerprint density at radius 3 is 2.19 bits per heavy atom. The number of amides is 2. The number of anilines is 1. The monoisotopic (exact) mass is 491 g/mol. The van der Waals surface area contributed by atoms with Crippen molar-refractivity contribution >= 4 is 17.6 Å². The molecule has 3 aromatic rings. The van der Waals surface area contributed by atoms with Gasteiger partial charge in [-0.2, -0.15) is 0 Å². The molecule has 190 valence electrons. The third-order valence-corrected chi connectivity index (χ3v) is 6.71. The molecule has 0 aliphatic carbocycles. The molecule has 0 bridgehead atoms. The molecule has 0 radical (unpaired) electrons. The number of likely N-dealkylation sites (N-methyl/N-ethyl adjacent to an activating group) is 1. The van der Waals surface area contributed by atoms with Gasteiger partial charge in [0.25, 0.3) is 0 Å². The Bertz CT molecular complexity index is 1150. The van der Waals surface area contributed by atoms with Crippen LogP contribution in [0, 0.1) is 11.7 Å². The average Bonchev–Trinajstić information content (AvgIpc) is 2.86. The molecule has 1 aromatic heterocycles. The number of pyridine rings is 1. The summed E-state index contributed by atoms with van der Waals surface area (Å²) in [7, 11) is 1.81. The average molecular weight is 492 g/mol. The fourth-order valence-electron chi connectivity index (χ4n) is 4.48. The minimum absolute atomic E-state index is 0.0916. The highest BCUT2D eigenvalue weighted by Crippen LogP contribution is 2.33. The van der Waals surface area contributed by atoms with Gasteiger partial charge in [-0.3, -0.25) is 14.5 Å². The molecular formula is C28H34FN5O2. The predicted octanol–water partition coefficient (Wildman–Crippen LogP) is 3.09. The Labute approximate surface area is 211 Å². The summed E-state index contributed by atoms with van der Waals surface area (Å²) in [6, 6.07) is 18.8. The van der Waals surface area contributed by atoms with Gasteiger partial charge in [-0.25, -0.2) is 9.37 Å². The van der Waals surface area contributed by atoms with Crippen LogP contribution in [0.4, 0.5) is 10.2 Å². The van der Waals surface area contributed by atoms with Gasteiger partial charge in [0.2, 0.25) is 11.8 Å². The minimum Gasteiger partial charge on any atom is -0.384 e. The number of nitrogens with one attached hydrogen (secondary N) is 1. The lowest BCUT2D eigenvalue weighted by molar-refractivity contribution is -0.144. The number of aromatic nitrogens is 1. The Hall–Kier alpha value is -3.78. The van der Waals surface area contributed by atoms with Crippen LogP contribution in [0.15, 0.2) is 72.9 Å². The lowest BCUT2D eigenvalue weighted by atomic mass is 9.73. The van der Waals surface area contributed by atoms with Crippen molar-refractivity contribution in [3.8, 4) is 0 Å². The predicted molar refractivity (Wildman–Crippen MR) is 139 cm³/mol. The Balaban J connectivity index is 2.07. The number of carbonyl (C=O) groups is 2. The summed E-state index contributed by atoms with van der Waals surface area (Å²) in [5.41, 5.74) is 12.8. The molecule has 2 atom stereocenters. The van der Waals surface area contributed by atoms with Crippen molar-refractivity contribution in [3.05, 3.63) is 95.4 Å². The third kappa shape index (κ3) is 6.26. The summed E-state index contributed by atoms with van der Waals surface area (Å²) in [4.78, 5) is 33.2. The van der Waals surface area contributed by atoms with Gasteiger partial charge in [0.1, 0.15) is 17.2 Å². The van der Waals surface area contributed by atoms with Crippen LogP contribution in [-0.2, 0) is 29.0 Å². The summed E-state index contributed by atoms with van der Waals surface area (Å²) in [6.07, 6.45) is 2.02. The Morgan fingerprint density at radius 1 is 1.00 bits per heavy atom. The molecule has 0 saturated carbocycles. The van der Waals surface area contributed by atoms with Gasteiger partial charge >= 0.3 is 0 Å². The van der Waals surface area contributed by atoms with Gasteiger partial charge in [-0.15, -0.1) is 0 Å². The minimum atomic E-state index is -1.35. The molecule has 0 saturated heterocycles. The molecule has 1 unspecified atom stereocenters. The molecule has 8 heteroatoms. The second-order valence-electron chi connectivity index (χ2n) is 9.35. The molecule has 0 aliphatic heterocycles. The highest BCUT2D eigenvalue weighted by molar-refractivity contribution is 5.93. The second-order valence-corrected chi connectivity index (χ2v) is 9.35. The number of benzene rings is 2. The number of hydrogen-bond acceptors (Lipinski definition) is 5. The second kappa shape index (κ2) is 11.8. The van der Waals surface area contributed by atoms with Crippen molar-refractivity contribution in [1.29, 1.82) is 0 Å². The fourth-order valence-corrected chi connectivity index (χ4v) is 4.48. The van der Waals surface area contributed by atoms with E-state index < -0.39 is 17.4 Å². The first-order valence-electron chi connectivity index (χ1n) is 11.9. The van der Waals surface area contributed by atoms with E-state index in [2.05, 4.69) is 10.3 Å². The maximum atomic E-state index is 13.9. The molecule has 2 aromatic carbocycles. The highest BCUT2D eigenvalue weighted by Gasteiger charge is 2.51. The largest absolute Gasteiger partial charge is 0.384 e. The maximum absolute atomic E-state index is 13.9. The number of nitrogens with two attached hydrogens (primary N) is 2. The molecular weight excluding hydrogens is 457 g/mol. The number of primary amides is 1. The topological polar surface area (TPSA) is 114 Å². The first-order chi connectivity index (χ1) is 17.1. The summed E-state index contributed by atoms with van der Waals surface area (Å²) in [6.45, 7) is 4.11. The van der Waals surface area contributed by atoms with Crippen LogP contribution in [-0.4, -0.2) is 40.3 Å². The zero-order chi connectivity index (χ0) is 26.3. The van der Waals surface area contributed by atoms with Crippen LogP contribution in [0.2, 0.25) is 0 Å². The normalized spacial score (nSPS) is 13.8. The lowest BCUT2D eigenvalue weighted by Gasteiger charge is -2.46. The van der Waals surface area contributed by atoms with Crippen LogP contribution in [0.5, 0.6) is 0 Å². The smallest absolute Gasteiger partial charge is 0.239 e. The molecule has 0 aliphatic rings. The summed E-state index contributed by atoms with van der Waals surface area (Å²) < 4.78 is 13.6. The van der Waals surface area contributed by atoms with E-state index in [0.717, 1.165) is 16.7 Å². The van der Waals surface area contributed by atoms with Crippen LogP contribution >= 0.6 is 0 Å². The Morgan fingerprint density at radius 2 is 1.64 bits per heavy atom. The first kappa shape index (κ1) is 26.8. The number of nitrogen functional groups attached to an aromatic ring is 1. The van der Waals surface area contributed by atoms with E-state index in [1.54, 1.807) is 30.5 Å². The summed E-state index contributed by atoms with van der Waals surface area (Å²) >= 11 is 0. The number of rotatable bonds is 11. The van der Waals surface area contributed by atoms with E-state index >= 15 is 0 Å². The van der Waals surface area contributed by atoms with E-state index in [1.807, 2.05) is 56.1 Å². The highest BCUT2D eigenvalue weighted by atomic mass is 19.1. The van der Waals surface area contributed by atoms with Crippen molar-refractivity contribution in [3.63, 3.8) is 0 Å². The quantitative estimate of drug-likeness (QED) is 0.381. The van der Waals surface area contributed by atoms with E-state index in [4.69, 9.17) is 11.5 Å². The van der Waals surface area contributed by atoms with Crippen LogP contribution < -0.4 is 16.8 Å². The van der Waals surface area contributed by atoms with Crippen molar-refractivity contribution in [2.75, 3.05) is 12.8 Å². The molecule has 5 N–H and O–H groups in total. The standard InChI is InChI=1S/C28H34FN5O2/c1-19(2)34(3)28(27(31)36,16-21-7-5-4-6-8-21)24(15-20-9-12-23(29)13-10-20)26(35)33-18-22-11-14-25(30)32-17-22/h4-14,17,19,24H,15-16,18H2,1-3H3,(H2,30,32)(H2,31,36)(H,33,35)/t24-,28?/m1/s1. The van der Waals surface area contributed by atoms with Gasteiger partial charge in [0, 0.05) is 25.2 Å². The first-order valence-corrected chi connectivity index (χ1v) is 11.9. The summed E-state index contributed by atoms with van der Waals surface area (Å²) in [5, 5.41) is 2.96. The molecule has 2 amide bonds. The SMILES string of the molecule is CC(C)N(C)C(Cc1ccccc1)(C(N)=O)[C@H](Cc1ccc(F)cc1)C(=O)NCc1ccc(N)nc1. The van der Waals surface area contributed by atoms with Gasteiger partial charge < -0.3 is 16.8 Å². The van der Waals surface area contributed by atoms with E-state index in [9.17, 15) is 14.0 Å². The van der Waals surface area contributed by atoms with E-state index in [0.29, 0.717) is 5.82 Å². The van der Waals surface area contributed by atoms with Crippen molar-refractivity contribution in [1.82, 2.24) is 15.2 Å². The number of hydrogen-bond donors (Lipinski definition) is 3. The number of carbonyl (C=O) groups excluding carboxylic acids is 2. The fraction of sp³-hybridized carbons (Fsp3) is 0.321. The Kier molecular flexibility index (Phi) is 8.77. The van der Waals surface area contributed by atoms with E-state index in [-0.39, 0.29) is 37.2 Å². The van der Waals surface area contributed by atoms with Crippen LogP contribution in [0.3, 0.4) is 0 Å². The van der Waals surface area contributed by atoms with Crippen molar-refractivity contribution in [2.24, 2.45) is 11.7 Å². The van der Waals surface area contributed by atoms with Crippen LogP contribution in [0.25, 0.3) is 0 Å². The van der Waals surface area contributed by atoms with Crippen LogP contribution in [0.1, 0.15) is 30.5 Å². The molecule has 1 heterocycles. The van der Waals surface area contributed by atoms with Crippen molar-refractivity contribution < 1.29 is 14.0 Å². The molecule has 0 fully saturated rings. The molecule has 3 rings (SSSR count). The zero-order valence-corrected chi connectivity index (χ0v) is 20.9. The number of halogens is 1. The molecule has 0 spiro atoms. The molecule has 36 heavy (non-hydrogen) atoms. The maximum Gasteiger partial charge on any atom is 0.239 e. The third-order valence-electron chi connectivity index (χ3n) is 6.71. The summed E-state index contributed by atoms with van der Waals surface area (Å²) in [5.74, 6) is -1.79. The van der Waals surface area contributed by atoms with Gasteiger partial charge in [0.05, 0.1) is 5.92 Å².